The van der Waals surface area contributed by atoms with Gasteiger partial charge in [-0.15, -0.1) is 0 Å². The van der Waals surface area contributed by atoms with Crippen molar-refractivity contribution in [1.82, 2.24) is 9.97 Å². The van der Waals surface area contributed by atoms with Crippen molar-refractivity contribution in [3.63, 3.8) is 0 Å². The van der Waals surface area contributed by atoms with Gasteiger partial charge in [0.1, 0.15) is 22.7 Å². The molecule has 2 aromatic heterocycles. The minimum atomic E-state index is -4.38. The van der Waals surface area contributed by atoms with E-state index in [-0.39, 0.29) is 6.10 Å². The summed E-state index contributed by atoms with van der Waals surface area (Å²) in [4.78, 5) is 9.68. The van der Waals surface area contributed by atoms with Gasteiger partial charge >= 0.3 is 6.18 Å². The van der Waals surface area contributed by atoms with Crippen molar-refractivity contribution in [2.24, 2.45) is 0 Å². The van der Waals surface area contributed by atoms with E-state index < -0.39 is 11.7 Å². The lowest BCUT2D eigenvalue weighted by molar-refractivity contribution is -0.137. The minimum absolute atomic E-state index is 0.161. The SMILES string of the molecule is FC(F)(F)c1ccnc(N2CCC(Oc3ccncc3Cl)C2)c1. The molecular formula is C15H13ClF3N3O. The number of nitrogens with zero attached hydrogens (tertiary/aromatic N) is 3. The van der Waals surface area contributed by atoms with Gasteiger partial charge in [0.25, 0.3) is 0 Å². The van der Waals surface area contributed by atoms with Crippen LogP contribution >= 0.6 is 11.6 Å². The third-order valence-corrected chi connectivity index (χ3v) is 3.85. The molecule has 2 aromatic rings. The van der Waals surface area contributed by atoms with Crippen LogP contribution in [0.15, 0.2) is 36.8 Å². The van der Waals surface area contributed by atoms with Crippen molar-refractivity contribution in [1.29, 1.82) is 0 Å². The van der Waals surface area contributed by atoms with Crippen LogP contribution in [0.3, 0.4) is 0 Å². The first-order valence-electron chi connectivity index (χ1n) is 6.98. The van der Waals surface area contributed by atoms with Crippen LogP contribution in [0.25, 0.3) is 0 Å². The van der Waals surface area contributed by atoms with Gasteiger partial charge in [0, 0.05) is 37.6 Å². The quantitative estimate of drug-likeness (QED) is 0.849. The molecule has 3 rings (SSSR count). The standard InChI is InChI=1S/C15H13ClF3N3O/c16-12-8-20-4-2-13(12)23-11-3-6-22(9-11)14-7-10(1-5-21-14)15(17,18)19/h1-2,4-5,7-8,11H,3,6,9H2. The molecule has 0 N–H and O–H groups in total. The Labute approximate surface area is 135 Å². The van der Waals surface area contributed by atoms with Crippen molar-refractivity contribution in [2.45, 2.75) is 18.7 Å². The molecule has 1 unspecified atom stereocenters. The number of pyridine rings is 2. The molecule has 3 heterocycles. The predicted octanol–water partition coefficient (Wildman–Crippen LogP) is 3.81. The van der Waals surface area contributed by atoms with Crippen LogP contribution < -0.4 is 9.64 Å². The van der Waals surface area contributed by atoms with Gasteiger partial charge in [-0.05, 0) is 12.1 Å². The maximum absolute atomic E-state index is 12.8. The van der Waals surface area contributed by atoms with Crippen molar-refractivity contribution in [2.75, 3.05) is 18.0 Å². The Morgan fingerprint density at radius 2 is 2.09 bits per heavy atom. The Bertz CT molecular complexity index is 696. The van der Waals surface area contributed by atoms with E-state index in [1.807, 2.05) is 0 Å². The maximum atomic E-state index is 12.8. The van der Waals surface area contributed by atoms with Crippen LogP contribution in [0.4, 0.5) is 19.0 Å². The number of anilines is 1. The predicted molar refractivity (Wildman–Crippen MR) is 79.7 cm³/mol. The first kappa shape index (κ1) is 15.9. The largest absolute Gasteiger partial charge is 0.487 e. The van der Waals surface area contributed by atoms with E-state index in [4.69, 9.17) is 16.3 Å². The highest BCUT2D eigenvalue weighted by atomic mass is 35.5. The molecule has 0 saturated carbocycles. The van der Waals surface area contributed by atoms with Gasteiger partial charge in [0.05, 0.1) is 12.1 Å². The molecule has 0 spiro atoms. The molecule has 23 heavy (non-hydrogen) atoms. The molecule has 8 heteroatoms. The molecule has 0 amide bonds. The summed E-state index contributed by atoms with van der Waals surface area (Å²) in [5.41, 5.74) is -0.705. The summed E-state index contributed by atoms with van der Waals surface area (Å²) in [5, 5.41) is 0.406. The second-order valence-electron chi connectivity index (χ2n) is 5.18. The molecule has 1 atom stereocenters. The summed E-state index contributed by atoms with van der Waals surface area (Å²) < 4.78 is 44.1. The number of alkyl halides is 3. The fourth-order valence-electron chi connectivity index (χ4n) is 2.44. The number of aromatic nitrogens is 2. The van der Waals surface area contributed by atoms with Crippen molar-refractivity contribution in [3.8, 4) is 5.75 Å². The molecule has 122 valence electrons. The fourth-order valence-corrected chi connectivity index (χ4v) is 2.60. The zero-order valence-corrected chi connectivity index (χ0v) is 12.7. The molecule has 0 radical (unpaired) electrons. The lowest BCUT2D eigenvalue weighted by atomic mass is 10.2. The molecule has 1 saturated heterocycles. The monoisotopic (exact) mass is 343 g/mol. The maximum Gasteiger partial charge on any atom is 0.416 e. The summed E-state index contributed by atoms with van der Waals surface area (Å²) in [7, 11) is 0. The zero-order valence-electron chi connectivity index (χ0n) is 11.9. The molecule has 1 fully saturated rings. The Morgan fingerprint density at radius 3 is 2.83 bits per heavy atom. The highest BCUT2D eigenvalue weighted by molar-refractivity contribution is 6.31. The van der Waals surface area contributed by atoms with Crippen LogP contribution in [-0.2, 0) is 6.18 Å². The molecule has 0 aromatic carbocycles. The van der Waals surface area contributed by atoms with Gasteiger partial charge in [-0.2, -0.15) is 13.2 Å². The number of hydrogen-bond acceptors (Lipinski definition) is 4. The topological polar surface area (TPSA) is 38.2 Å². The van der Waals surface area contributed by atoms with Crippen molar-refractivity contribution in [3.05, 3.63) is 47.4 Å². The van der Waals surface area contributed by atoms with Gasteiger partial charge in [0.15, 0.2) is 0 Å². The van der Waals surface area contributed by atoms with Crippen LogP contribution in [0, 0.1) is 0 Å². The van der Waals surface area contributed by atoms with Crippen LogP contribution in [0.5, 0.6) is 5.75 Å². The Hall–Kier alpha value is -2.02. The average Bonchev–Trinajstić information content (AvgIpc) is 2.98. The van der Waals surface area contributed by atoms with E-state index in [0.29, 0.717) is 36.1 Å². The Kier molecular flexibility index (Phi) is 4.30. The first-order valence-corrected chi connectivity index (χ1v) is 7.35. The molecule has 0 aliphatic carbocycles. The minimum Gasteiger partial charge on any atom is -0.487 e. The number of hydrogen-bond donors (Lipinski definition) is 0. The van der Waals surface area contributed by atoms with Gasteiger partial charge in [-0.25, -0.2) is 4.98 Å². The fraction of sp³-hybridized carbons (Fsp3) is 0.333. The molecule has 4 nitrogen and oxygen atoms in total. The van der Waals surface area contributed by atoms with E-state index in [9.17, 15) is 13.2 Å². The third-order valence-electron chi connectivity index (χ3n) is 3.57. The lowest BCUT2D eigenvalue weighted by Gasteiger charge is -2.19. The normalized spacial score (nSPS) is 18.3. The van der Waals surface area contributed by atoms with Crippen LogP contribution in [0.1, 0.15) is 12.0 Å². The first-order chi connectivity index (χ1) is 10.9. The van der Waals surface area contributed by atoms with E-state index in [0.717, 1.165) is 12.1 Å². The lowest BCUT2D eigenvalue weighted by Crippen LogP contribution is -2.25. The van der Waals surface area contributed by atoms with Crippen molar-refractivity contribution < 1.29 is 17.9 Å². The van der Waals surface area contributed by atoms with E-state index in [1.54, 1.807) is 17.2 Å². The highest BCUT2D eigenvalue weighted by Crippen LogP contribution is 2.32. The third kappa shape index (κ3) is 3.67. The van der Waals surface area contributed by atoms with E-state index >= 15 is 0 Å². The smallest absolute Gasteiger partial charge is 0.416 e. The Balaban J connectivity index is 1.69. The van der Waals surface area contributed by atoms with Gasteiger partial charge in [-0.3, -0.25) is 4.98 Å². The van der Waals surface area contributed by atoms with Crippen LogP contribution in [0.2, 0.25) is 5.02 Å². The molecule has 1 aliphatic rings. The highest BCUT2D eigenvalue weighted by Gasteiger charge is 2.32. The summed E-state index contributed by atoms with van der Waals surface area (Å²) in [5.74, 6) is 0.817. The molecule has 0 bridgehead atoms. The summed E-state index contributed by atoms with van der Waals surface area (Å²) >= 11 is 5.99. The number of ether oxygens (including phenoxy) is 1. The number of rotatable bonds is 3. The van der Waals surface area contributed by atoms with Crippen LogP contribution in [-0.4, -0.2) is 29.2 Å². The Morgan fingerprint density at radius 1 is 1.26 bits per heavy atom. The summed E-state index contributed by atoms with van der Waals surface area (Å²) in [6, 6.07) is 3.68. The number of halogens is 4. The summed E-state index contributed by atoms with van der Waals surface area (Å²) in [6.45, 7) is 1.02. The van der Waals surface area contributed by atoms with Crippen molar-refractivity contribution >= 4 is 17.4 Å². The second-order valence-corrected chi connectivity index (χ2v) is 5.59. The van der Waals surface area contributed by atoms with Gasteiger partial charge in [-0.1, -0.05) is 11.6 Å². The molecule has 1 aliphatic heterocycles. The molecular weight excluding hydrogens is 331 g/mol. The van der Waals surface area contributed by atoms with Gasteiger partial charge < -0.3 is 9.64 Å². The van der Waals surface area contributed by atoms with Gasteiger partial charge in [0.2, 0.25) is 0 Å². The zero-order chi connectivity index (χ0) is 16.4. The van der Waals surface area contributed by atoms with E-state index in [2.05, 4.69) is 9.97 Å². The summed E-state index contributed by atoms with van der Waals surface area (Å²) in [6.07, 6.45) is 0.368. The average molecular weight is 344 g/mol. The second kappa shape index (κ2) is 6.23. The van der Waals surface area contributed by atoms with E-state index in [1.165, 1.54) is 12.4 Å².